The number of carbonyl (C=O) groups is 1. The van der Waals surface area contributed by atoms with Crippen LogP contribution in [-0.4, -0.2) is 12.5 Å². The van der Waals surface area contributed by atoms with E-state index in [0.29, 0.717) is 13.0 Å². The van der Waals surface area contributed by atoms with Crippen molar-refractivity contribution in [1.29, 1.82) is 0 Å². The zero-order valence-corrected chi connectivity index (χ0v) is 12.3. The molecule has 1 atom stereocenters. The van der Waals surface area contributed by atoms with Crippen LogP contribution in [0.15, 0.2) is 42.5 Å². The third kappa shape index (κ3) is 2.77. The Bertz CT molecular complexity index is 661. The quantitative estimate of drug-likeness (QED) is 0.928. The van der Waals surface area contributed by atoms with Crippen molar-refractivity contribution in [3.63, 3.8) is 0 Å². The Hall–Kier alpha value is -2.29. The lowest BCUT2D eigenvalue weighted by atomic mass is 9.92. The molecule has 0 fully saturated rings. The summed E-state index contributed by atoms with van der Waals surface area (Å²) in [5.41, 5.74) is 4.38. The molecule has 1 heterocycles. The summed E-state index contributed by atoms with van der Waals surface area (Å²) in [5, 5.41) is 2.96. The average Bonchev–Trinajstić information content (AvgIpc) is 2.77. The van der Waals surface area contributed by atoms with Gasteiger partial charge in [-0.1, -0.05) is 29.8 Å². The van der Waals surface area contributed by atoms with E-state index in [1.807, 2.05) is 43.3 Å². The average molecular weight is 281 g/mol. The zero-order valence-electron chi connectivity index (χ0n) is 12.3. The van der Waals surface area contributed by atoms with Crippen LogP contribution in [0.1, 0.15) is 29.5 Å². The monoisotopic (exact) mass is 281 g/mol. The van der Waals surface area contributed by atoms with Gasteiger partial charge in [0.15, 0.2) is 0 Å². The van der Waals surface area contributed by atoms with Gasteiger partial charge in [-0.2, -0.15) is 0 Å². The SMILES string of the molecule is CCOc1ccc(C[C@H]2C(=O)Nc3ccc(C)cc32)cc1. The Balaban J connectivity index is 1.82. The van der Waals surface area contributed by atoms with Crippen molar-refractivity contribution in [2.45, 2.75) is 26.2 Å². The molecular weight excluding hydrogens is 262 g/mol. The zero-order chi connectivity index (χ0) is 14.8. The summed E-state index contributed by atoms with van der Waals surface area (Å²) < 4.78 is 5.44. The van der Waals surface area contributed by atoms with Crippen LogP contribution < -0.4 is 10.1 Å². The lowest BCUT2D eigenvalue weighted by Gasteiger charge is -2.10. The molecule has 1 N–H and O–H groups in total. The minimum atomic E-state index is -0.0992. The highest BCUT2D eigenvalue weighted by Crippen LogP contribution is 2.35. The maximum absolute atomic E-state index is 12.2. The lowest BCUT2D eigenvalue weighted by Crippen LogP contribution is -2.14. The van der Waals surface area contributed by atoms with Crippen LogP contribution in [0.4, 0.5) is 5.69 Å². The van der Waals surface area contributed by atoms with Gasteiger partial charge < -0.3 is 10.1 Å². The van der Waals surface area contributed by atoms with Crippen molar-refractivity contribution < 1.29 is 9.53 Å². The number of ether oxygens (including phenoxy) is 1. The number of hydrogen-bond donors (Lipinski definition) is 1. The Morgan fingerprint density at radius 1 is 1.14 bits per heavy atom. The van der Waals surface area contributed by atoms with Crippen molar-refractivity contribution in [3.05, 3.63) is 59.2 Å². The number of nitrogens with one attached hydrogen (secondary N) is 1. The fourth-order valence-corrected chi connectivity index (χ4v) is 2.77. The molecule has 0 aliphatic carbocycles. The number of amides is 1. The number of anilines is 1. The molecule has 2 aromatic rings. The third-order valence-electron chi connectivity index (χ3n) is 3.83. The predicted molar refractivity (Wildman–Crippen MR) is 83.9 cm³/mol. The Kier molecular flexibility index (Phi) is 3.65. The van der Waals surface area contributed by atoms with Gasteiger partial charge in [0.1, 0.15) is 5.75 Å². The number of rotatable bonds is 4. The van der Waals surface area contributed by atoms with Crippen LogP contribution in [0.5, 0.6) is 5.75 Å². The molecule has 3 nitrogen and oxygen atoms in total. The molecule has 1 aliphatic heterocycles. The van der Waals surface area contributed by atoms with Gasteiger partial charge in [-0.05, 0) is 49.6 Å². The molecule has 1 amide bonds. The lowest BCUT2D eigenvalue weighted by molar-refractivity contribution is -0.117. The Labute approximate surface area is 124 Å². The van der Waals surface area contributed by atoms with E-state index in [1.165, 1.54) is 5.56 Å². The second-order valence-electron chi connectivity index (χ2n) is 5.41. The molecule has 2 aromatic carbocycles. The van der Waals surface area contributed by atoms with Crippen LogP contribution in [0, 0.1) is 6.92 Å². The number of carbonyl (C=O) groups excluding carboxylic acids is 1. The fraction of sp³-hybridized carbons (Fsp3) is 0.278. The molecule has 3 heteroatoms. The van der Waals surface area contributed by atoms with Gasteiger partial charge in [0.05, 0.1) is 12.5 Å². The maximum Gasteiger partial charge on any atom is 0.232 e. The van der Waals surface area contributed by atoms with E-state index < -0.39 is 0 Å². The van der Waals surface area contributed by atoms with Crippen molar-refractivity contribution in [2.75, 3.05) is 11.9 Å². The molecule has 0 radical (unpaired) electrons. The summed E-state index contributed by atoms with van der Waals surface area (Å²) >= 11 is 0. The molecule has 21 heavy (non-hydrogen) atoms. The van der Waals surface area contributed by atoms with Crippen LogP contribution in [0.2, 0.25) is 0 Å². The Morgan fingerprint density at radius 3 is 2.62 bits per heavy atom. The molecule has 1 aliphatic rings. The summed E-state index contributed by atoms with van der Waals surface area (Å²) in [6, 6.07) is 14.1. The number of aryl methyl sites for hydroxylation is 1. The second kappa shape index (κ2) is 5.60. The maximum atomic E-state index is 12.2. The molecule has 0 unspecified atom stereocenters. The molecule has 0 bridgehead atoms. The normalized spacial score (nSPS) is 16.5. The van der Waals surface area contributed by atoms with Gasteiger partial charge in [0.25, 0.3) is 0 Å². The van der Waals surface area contributed by atoms with E-state index in [4.69, 9.17) is 4.74 Å². The van der Waals surface area contributed by atoms with Gasteiger partial charge in [-0.3, -0.25) is 4.79 Å². The van der Waals surface area contributed by atoms with Crippen molar-refractivity contribution in [3.8, 4) is 5.75 Å². The molecule has 0 saturated heterocycles. The van der Waals surface area contributed by atoms with Crippen LogP contribution >= 0.6 is 0 Å². The van der Waals surface area contributed by atoms with Crippen LogP contribution in [-0.2, 0) is 11.2 Å². The molecule has 0 aromatic heterocycles. The van der Waals surface area contributed by atoms with Gasteiger partial charge in [-0.15, -0.1) is 0 Å². The summed E-state index contributed by atoms with van der Waals surface area (Å²) in [4.78, 5) is 12.2. The van der Waals surface area contributed by atoms with Crippen LogP contribution in [0.25, 0.3) is 0 Å². The minimum absolute atomic E-state index is 0.0875. The molecule has 3 rings (SSSR count). The number of hydrogen-bond acceptors (Lipinski definition) is 2. The van der Waals surface area contributed by atoms with Crippen LogP contribution in [0.3, 0.4) is 0 Å². The summed E-state index contributed by atoms with van der Waals surface area (Å²) in [7, 11) is 0. The fourth-order valence-electron chi connectivity index (χ4n) is 2.77. The van der Waals surface area contributed by atoms with Gasteiger partial charge in [0.2, 0.25) is 5.91 Å². The highest BCUT2D eigenvalue weighted by atomic mass is 16.5. The van der Waals surface area contributed by atoms with E-state index in [9.17, 15) is 4.79 Å². The number of benzene rings is 2. The predicted octanol–water partition coefficient (Wildman–Crippen LogP) is 3.67. The topological polar surface area (TPSA) is 38.3 Å². The molecule has 0 saturated carbocycles. The first kappa shape index (κ1) is 13.7. The van der Waals surface area contributed by atoms with Crippen molar-refractivity contribution >= 4 is 11.6 Å². The smallest absolute Gasteiger partial charge is 0.232 e. The first-order valence-electron chi connectivity index (χ1n) is 7.30. The standard InChI is InChI=1S/C18H19NO2/c1-3-21-14-7-5-13(6-8-14)11-16-15-10-12(2)4-9-17(15)19-18(16)20/h4-10,16H,3,11H2,1-2H3,(H,19,20)/t16-/m1/s1. The van der Waals surface area contributed by atoms with Gasteiger partial charge in [-0.25, -0.2) is 0 Å². The van der Waals surface area contributed by atoms with E-state index in [2.05, 4.69) is 18.3 Å². The van der Waals surface area contributed by atoms with Gasteiger partial charge >= 0.3 is 0 Å². The van der Waals surface area contributed by atoms with Crippen molar-refractivity contribution in [1.82, 2.24) is 0 Å². The number of fused-ring (bicyclic) bond motifs is 1. The molecule has 0 spiro atoms. The minimum Gasteiger partial charge on any atom is -0.494 e. The first-order valence-corrected chi connectivity index (χ1v) is 7.30. The van der Waals surface area contributed by atoms with E-state index in [-0.39, 0.29) is 11.8 Å². The third-order valence-corrected chi connectivity index (χ3v) is 3.83. The summed E-state index contributed by atoms with van der Waals surface area (Å²) in [6.45, 7) is 4.68. The summed E-state index contributed by atoms with van der Waals surface area (Å²) in [5.74, 6) is 0.857. The van der Waals surface area contributed by atoms with Gasteiger partial charge in [0, 0.05) is 5.69 Å². The first-order chi connectivity index (χ1) is 10.2. The highest BCUT2D eigenvalue weighted by molar-refractivity contribution is 6.03. The largest absolute Gasteiger partial charge is 0.494 e. The summed E-state index contributed by atoms with van der Waals surface area (Å²) in [6.07, 6.45) is 0.717. The van der Waals surface area contributed by atoms with Crippen molar-refractivity contribution in [2.24, 2.45) is 0 Å². The highest BCUT2D eigenvalue weighted by Gasteiger charge is 2.30. The van der Waals surface area contributed by atoms with E-state index >= 15 is 0 Å². The van der Waals surface area contributed by atoms with E-state index in [1.54, 1.807) is 0 Å². The molecular formula is C18H19NO2. The van der Waals surface area contributed by atoms with E-state index in [0.717, 1.165) is 22.6 Å². The Morgan fingerprint density at radius 2 is 1.90 bits per heavy atom. The second-order valence-corrected chi connectivity index (χ2v) is 5.41. The molecule has 108 valence electrons.